The summed E-state index contributed by atoms with van der Waals surface area (Å²) in [6.45, 7) is 2.47. The zero-order valence-corrected chi connectivity index (χ0v) is 16.4. The minimum Gasteiger partial charge on any atom is -0.362 e. The Hall–Kier alpha value is -2.80. The van der Waals surface area contributed by atoms with Crippen LogP contribution in [0.25, 0.3) is 10.6 Å². The number of carbonyl (C=O) groups is 1. The van der Waals surface area contributed by atoms with Crippen molar-refractivity contribution in [2.75, 3.05) is 11.9 Å². The summed E-state index contributed by atoms with van der Waals surface area (Å²) in [7, 11) is 0. The molecule has 1 unspecified atom stereocenters. The molecule has 1 atom stereocenters. The molecule has 7 heteroatoms. The first-order valence-corrected chi connectivity index (χ1v) is 10.2. The standard InChI is InChI=1S/C21H21FN4OS/c1-2-23-20(27)14-8-11-18(24-12-14)25-16-4-3-5-17-19(16)26-21(28-17)13-6-9-15(22)10-7-13/h6-12,16H,2-5H2,1H3,(H,23,27)(H,24,25). The Morgan fingerprint density at radius 3 is 2.79 bits per heavy atom. The Balaban J connectivity index is 1.53. The van der Waals surface area contributed by atoms with Crippen LogP contribution in [0.1, 0.15) is 46.7 Å². The molecule has 1 aliphatic rings. The molecule has 144 valence electrons. The van der Waals surface area contributed by atoms with Crippen LogP contribution in [0.5, 0.6) is 0 Å². The van der Waals surface area contributed by atoms with Crippen LogP contribution in [0.4, 0.5) is 10.2 Å². The summed E-state index contributed by atoms with van der Waals surface area (Å²) in [5.74, 6) is 0.360. The molecule has 2 N–H and O–H groups in total. The van der Waals surface area contributed by atoms with Crippen LogP contribution in [0.15, 0.2) is 42.6 Å². The summed E-state index contributed by atoms with van der Waals surface area (Å²) in [4.78, 5) is 22.4. The van der Waals surface area contributed by atoms with Crippen molar-refractivity contribution < 1.29 is 9.18 Å². The van der Waals surface area contributed by atoms with E-state index in [0.29, 0.717) is 12.1 Å². The summed E-state index contributed by atoms with van der Waals surface area (Å²) >= 11 is 1.67. The second kappa shape index (κ2) is 8.06. The molecule has 0 saturated carbocycles. The van der Waals surface area contributed by atoms with Crippen molar-refractivity contribution in [3.8, 4) is 10.6 Å². The smallest absolute Gasteiger partial charge is 0.252 e. The van der Waals surface area contributed by atoms with Crippen molar-refractivity contribution in [2.45, 2.75) is 32.2 Å². The minimum absolute atomic E-state index is 0.0806. The highest BCUT2D eigenvalue weighted by molar-refractivity contribution is 7.15. The number of aryl methyl sites for hydroxylation is 1. The molecule has 2 heterocycles. The number of halogens is 1. The van der Waals surface area contributed by atoms with E-state index in [0.717, 1.165) is 41.3 Å². The van der Waals surface area contributed by atoms with Gasteiger partial charge in [0.25, 0.3) is 5.91 Å². The molecule has 0 aliphatic heterocycles. The number of hydrogen-bond donors (Lipinski definition) is 2. The fourth-order valence-corrected chi connectivity index (χ4v) is 4.50. The van der Waals surface area contributed by atoms with Gasteiger partial charge in [-0.05, 0) is 62.6 Å². The van der Waals surface area contributed by atoms with Crippen LogP contribution in [0.3, 0.4) is 0 Å². The van der Waals surface area contributed by atoms with Gasteiger partial charge >= 0.3 is 0 Å². The van der Waals surface area contributed by atoms with Gasteiger partial charge in [0.05, 0.1) is 17.3 Å². The molecule has 28 heavy (non-hydrogen) atoms. The maximum absolute atomic E-state index is 13.2. The molecule has 0 fully saturated rings. The molecule has 4 rings (SSSR count). The van der Waals surface area contributed by atoms with Crippen molar-refractivity contribution >= 4 is 23.1 Å². The van der Waals surface area contributed by atoms with E-state index in [9.17, 15) is 9.18 Å². The predicted molar refractivity (Wildman–Crippen MR) is 109 cm³/mol. The van der Waals surface area contributed by atoms with Crippen molar-refractivity contribution in [1.29, 1.82) is 0 Å². The lowest BCUT2D eigenvalue weighted by molar-refractivity contribution is 0.0955. The molecular formula is C21H21FN4OS. The normalized spacial score (nSPS) is 15.7. The van der Waals surface area contributed by atoms with Gasteiger partial charge in [0.15, 0.2) is 0 Å². The Morgan fingerprint density at radius 1 is 1.25 bits per heavy atom. The van der Waals surface area contributed by atoms with Crippen molar-refractivity contribution in [1.82, 2.24) is 15.3 Å². The van der Waals surface area contributed by atoms with E-state index in [1.165, 1.54) is 17.0 Å². The summed E-state index contributed by atoms with van der Waals surface area (Å²) in [5.41, 5.74) is 2.53. The fraction of sp³-hybridized carbons (Fsp3) is 0.286. The molecule has 2 aromatic heterocycles. The van der Waals surface area contributed by atoms with Crippen LogP contribution >= 0.6 is 11.3 Å². The van der Waals surface area contributed by atoms with Crippen LogP contribution in [-0.4, -0.2) is 22.4 Å². The monoisotopic (exact) mass is 396 g/mol. The molecule has 0 saturated heterocycles. The maximum Gasteiger partial charge on any atom is 0.252 e. The number of carbonyl (C=O) groups excluding carboxylic acids is 1. The predicted octanol–water partition coefficient (Wildman–Crippen LogP) is 4.58. The molecule has 1 aromatic carbocycles. The Morgan fingerprint density at radius 2 is 2.07 bits per heavy atom. The second-order valence-corrected chi connectivity index (χ2v) is 7.80. The van der Waals surface area contributed by atoms with Gasteiger partial charge in [-0.15, -0.1) is 11.3 Å². The number of nitrogens with zero attached hydrogens (tertiary/aromatic N) is 2. The van der Waals surface area contributed by atoms with Gasteiger partial charge in [0.1, 0.15) is 16.6 Å². The van der Waals surface area contributed by atoms with E-state index >= 15 is 0 Å². The number of amides is 1. The highest BCUT2D eigenvalue weighted by Crippen LogP contribution is 2.38. The van der Waals surface area contributed by atoms with E-state index in [1.807, 2.05) is 13.0 Å². The van der Waals surface area contributed by atoms with Crippen molar-refractivity contribution in [2.24, 2.45) is 0 Å². The van der Waals surface area contributed by atoms with Gasteiger partial charge in [0.2, 0.25) is 0 Å². The summed E-state index contributed by atoms with van der Waals surface area (Å²) < 4.78 is 13.2. The summed E-state index contributed by atoms with van der Waals surface area (Å²) in [5, 5.41) is 7.13. The lowest BCUT2D eigenvalue weighted by Crippen LogP contribution is -2.23. The third-order valence-corrected chi connectivity index (χ3v) is 5.91. The number of thiazole rings is 1. The SMILES string of the molecule is CCNC(=O)c1ccc(NC2CCCc3sc(-c4ccc(F)cc4)nc32)nc1. The zero-order chi connectivity index (χ0) is 19.5. The van der Waals surface area contributed by atoms with Gasteiger partial charge in [-0.2, -0.15) is 0 Å². The lowest BCUT2D eigenvalue weighted by atomic mass is 9.97. The Labute approximate surface area is 167 Å². The highest BCUT2D eigenvalue weighted by atomic mass is 32.1. The third-order valence-electron chi connectivity index (χ3n) is 4.73. The number of nitrogens with one attached hydrogen (secondary N) is 2. The quantitative estimate of drug-likeness (QED) is 0.662. The van der Waals surface area contributed by atoms with Crippen LogP contribution < -0.4 is 10.6 Å². The molecule has 0 bridgehead atoms. The van der Waals surface area contributed by atoms with Gasteiger partial charge in [-0.1, -0.05) is 0 Å². The van der Waals surface area contributed by atoms with Gasteiger partial charge in [-0.3, -0.25) is 4.79 Å². The lowest BCUT2D eigenvalue weighted by Gasteiger charge is -2.22. The van der Waals surface area contributed by atoms with Crippen molar-refractivity contribution in [3.05, 3.63) is 64.5 Å². The van der Waals surface area contributed by atoms with Crippen LogP contribution in [0, 0.1) is 5.82 Å². The van der Waals surface area contributed by atoms with E-state index in [1.54, 1.807) is 35.7 Å². The number of anilines is 1. The van der Waals surface area contributed by atoms with E-state index in [4.69, 9.17) is 4.98 Å². The number of rotatable bonds is 5. The third kappa shape index (κ3) is 3.89. The summed E-state index contributed by atoms with van der Waals surface area (Å²) in [6.07, 6.45) is 4.64. The van der Waals surface area contributed by atoms with E-state index in [-0.39, 0.29) is 17.8 Å². The highest BCUT2D eigenvalue weighted by Gasteiger charge is 2.25. The minimum atomic E-state index is -0.244. The topological polar surface area (TPSA) is 66.9 Å². The van der Waals surface area contributed by atoms with E-state index < -0.39 is 0 Å². The maximum atomic E-state index is 13.2. The number of hydrogen-bond acceptors (Lipinski definition) is 5. The second-order valence-electron chi connectivity index (χ2n) is 6.72. The zero-order valence-electron chi connectivity index (χ0n) is 15.5. The molecule has 3 aromatic rings. The first-order valence-electron chi connectivity index (χ1n) is 9.40. The van der Waals surface area contributed by atoms with Gasteiger partial charge < -0.3 is 10.6 Å². The molecule has 1 amide bonds. The Kier molecular flexibility index (Phi) is 5.34. The fourth-order valence-electron chi connectivity index (χ4n) is 3.33. The number of fused-ring (bicyclic) bond motifs is 1. The van der Waals surface area contributed by atoms with Gasteiger partial charge in [0, 0.05) is 23.2 Å². The largest absolute Gasteiger partial charge is 0.362 e. The first kappa shape index (κ1) is 18.6. The number of benzene rings is 1. The molecule has 0 radical (unpaired) electrons. The average molecular weight is 396 g/mol. The van der Waals surface area contributed by atoms with Gasteiger partial charge in [-0.25, -0.2) is 14.4 Å². The van der Waals surface area contributed by atoms with Crippen LogP contribution in [0.2, 0.25) is 0 Å². The molecule has 1 aliphatic carbocycles. The van der Waals surface area contributed by atoms with Crippen molar-refractivity contribution in [3.63, 3.8) is 0 Å². The average Bonchev–Trinajstić information content (AvgIpc) is 3.15. The van der Waals surface area contributed by atoms with E-state index in [2.05, 4.69) is 15.6 Å². The Bertz CT molecular complexity index is 969. The number of aromatic nitrogens is 2. The summed E-state index contributed by atoms with van der Waals surface area (Å²) in [6, 6.07) is 10.1. The number of pyridine rings is 1. The molecule has 5 nitrogen and oxygen atoms in total. The van der Waals surface area contributed by atoms with Crippen LogP contribution in [-0.2, 0) is 6.42 Å². The molecule has 0 spiro atoms. The molecular weight excluding hydrogens is 375 g/mol. The first-order chi connectivity index (χ1) is 13.6.